The van der Waals surface area contributed by atoms with Crippen LogP contribution in [0.15, 0.2) is 33.4 Å². The van der Waals surface area contributed by atoms with Gasteiger partial charge in [0, 0.05) is 24.7 Å². The van der Waals surface area contributed by atoms with Crippen molar-refractivity contribution in [2.75, 3.05) is 11.4 Å². The maximum absolute atomic E-state index is 10.2. The van der Waals surface area contributed by atoms with Crippen molar-refractivity contribution in [3.63, 3.8) is 0 Å². The molecule has 2 aromatic heterocycles. The van der Waals surface area contributed by atoms with Crippen LogP contribution in [0.25, 0.3) is 5.69 Å². The second-order valence-corrected chi connectivity index (χ2v) is 5.84. The number of hydrogen-bond donors (Lipinski definition) is 3. The number of hydrogen-bond acceptors (Lipinski definition) is 8. The van der Waals surface area contributed by atoms with Gasteiger partial charge in [-0.05, 0) is 36.5 Å². The predicted molar refractivity (Wildman–Crippen MR) is 79.8 cm³/mol. The predicted octanol–water partition coefficient (Wildman–Crippen LogP) is -2.09. The number of aliphatic hydroxyl groups is 2. The fraction of sp³-hybridized carbons (Fsp3) is 0.385. The summed E-state index contributed by atoms with van der Waals surface area (Å²) >= 11 is 5.06. The molecule has 3 unspecified atom stereocenters. The Morgan fingerprint density at radius 1 is 1.21 bits per heavy atom. The summed E-state index contributed by atoms with van der Waals surface area (Å²) in [5.41, 5.74) is 1.60. The number of tetrazole rings is 1. The number of rotatable bonds is 3. The molecule has 3 atom stereocenters. The van der Waals surface area contributed by atoms with Crippen molar-refractivity contribution in [1.82, 2.24) is 20.2 Å². The van der Waals surface area contributed by atoms with Gasteiger partial charge in [-0.2, -0.15) is 5.21 Å². The van der Waals surface area contributed by atoms with E-state index < -0.39 is 18.2 Å². The van der Waals surface area contributed by atoms with Gasteiger partial charge in [-0.3, -0.25) is 0 Å². The van der Waals surface area contributed by atoms with Crippen LogP contribution < -0.4 is 34.5 Å². The van der Waals surface area contributed by atoms with Crippen LogP contribution in [0.4, 0.5) is 5.69 Å². The van der Waals surface area contributed by atoms with E-state index in [0.29, 0.717) is 17.3 Å². The van der Waals surface area contributed by atoms with Crippen molar-refractivity contribution in [2.24, 2.45) is 0 Å². The summed E-state index contributed by atoms with van der Waals surface area (Å²) in [7, 11) is 0. The van der Waals surface area contributed by atoms with Gasteiger partial charge in [0.1, 0.15) is 0 Å². The Hall–Kier alpha value is -1.30. The van der Waals surface area contributed by atoms with Crippen LogP contribution in [-0.4, -0.2) is 49.2 Å². The van der Waals surface area contributed by atoms with Gasteiger partial charge in [-0.15, -0.1) is 0 Å². The molecule has 0 saturated carbocycles. The fourth-order valence-electron chi connectivity index (χ4n) is 2.86. The Bertz CT molecular complexity index is 825. The third kappa shape index (κ3) is 3.25. The number of nitrogens with zero attached hydrogens (tertiary/aromatic N) is 4. The van der Waals surface area contributed by atoms with Crippen molar-refractivity contribution in [2.45, 2.75) is 24.7 Å². The zero-order chi connectivity index (χ0) is 16.0. The first-order chi connectivity index (χ1) is 11.1. The maximum atomic E-state index is 10.2. The molecule has 1 fully saturated rings. The van der Waals surface area contributed by atoms with Crippen molar-refractivity contribution >= 4 is 17.9 Å². The Morgan fingerprint density at radius 2 is 1.88 bits per heavy atom. The van der Waals surface area contributed by atoms with Crippen LogP contribution in [0, 0.1) is 4.77 Å². The summed E-state index contributed by atoms with van der Waals surface area (Å²) in [6.07, 6.45) is -1.10. The van der Waals surface area contributed by atoms with Gasteiger partial charge in [0.15, 0.2) is 0 Å². The third-order valence-corrected chi connectivity index (χ3v) is 4.22. The third-order valence-electron chi connectivity index (χ3n) is 3.95. The summed E-state index contributed by atoms with van der Waals surface area (Å²) in [6, 6.07) is 6.97. The number of nitrogens with one attached hydrogen (secondary N) is 1. The molecule has 0 aliphatic carbocycles. The van der Waals surface area contributed by atoms with E-state index in [1.807, 2.05) is 29.2 Å². The monoisotopic (exact) mass is 359 g/mol. The Balaban J connectivity index is 0.00000169. The molecule has 0 radical (unpaired) electrons. The van der Waals surface area contributed by atoms with Crippen molar-refractivity contribution in [3.05, 3.63) is 35.0 Å². The molecular formula is C13H14N5NaO4S. The standard InChI is InChI=1S/C13H14N5O4S.Na/c19-9-5-10(20)11(12-21-22-12)17(6-9)7-1-3-8(4-2-7)18-13(23)14-15-16-18;/h1-4,9-11,19-20H,5-6H2,(H,14,16,23);/q-1;+1. The molecule has 24 heavy (non-hydrogen) atoms. The average Bonchev–Trinajstić information content (AvgIpc) is 3.27. The first kappa shape index (κ1) is 17.5. The average molecular weight is 359 g/mol. The second-order valence-electron chi connectivity index (χ2n) is 5.47. The second kappa shape index (κ2) is 6.90. The zero-order valence-corrected chi connectivity index (χ0v) is 15.7. The molecule has 1 aliphatic rings. The van der Waals surface area contributed by atoms with Crippen LogP contribution in [0.5, 0.6) is 0 Å². The van der Waals surface area contributed by atoms with E-state index in [9.17, 15) is 10.2 Å². The smallest absolute Gasteiger partial charge is 0.465 e. The minimum atomic E-state index is -0.763. The van der Waals surface area contributed by atoms with E-state index in [1.165, 1.54) is 0 Å². The van der Waals surface area contributed by atoms with Gasteiger partial charge in [0.25, 0.3) is 0 Å². The number of anilines is 1. The minimum Gasteiger partial charge on any atom is -0.465 e. The van der Waals surface area contributed by atoms with Crippen LogP contribution in [0.1, 0.15) is 18.4 Å². The van der Waals surface area contributed by atoms with Gasteiger partial charge in [0.2, 0.25) is 4.77 Å². The van der Waals surface area contributed by atoms with Gasteiger partial charge in [0.05, 0.1) is 23.9 Å². The molecule has 3 heterocycles. The summed E-state index contributed by atoms with van der Waals surface area (Å²) < 4.78 is 11.5. The van der Waals surface area contributed by atoms with E-state index in [1.54, 1.807) is 4.68 Å². The van der Waals surface area contributed by atoms with E-state index in [4.69, 9.17) is 21.4 Å². The van der Waals surface area contributed by atoms with Crippen LogP contribution in [0.3, 0.4) is 0 Å². The molecule has 0 spiro atoms. The molecular weight excluding hydrogens is 345 g/mol. The first-order valence-electron chi connectivity index (χ1n) is 7.08. The van der Waals surface area contributed by atoms with Crippen molar-refractivity contribution in [1.29, 1.82) is 0 Å². The van der Waals surface area contributed by atoms with E-state index in [2.05, 4.69) is 15.5 Å². The number of aromatic nitrogens is 4. The van der Waals surface area contributed by atoms with E-state index >= 15 is 0 Å². The molecule has 1 saturated heterocycles. The zero-order valence-electron chi connectivity index (χ0n) is 12.9. The van der Waals surface area contributed by atoms with Gasteiger partial charge in [-0.25, -0.2) is 4.68 Å². The molecule has 9 nitrogen and oxygen atoms in total. The van der Waals surface area contributed by atoms with Crippen molar-refractivity contribution in [3.8, 4) is 5.69 Å². The molecule has 122 valence electrons. The molecule has 4 rings (SSSR count). The van der Waals surface area contributed by atoms with Gasteiger partial charge < -0.3 is 24.3 Å². The quantitative estimate of drug-likeness (QED) is 0.211. The first-order valence-corrected chi connectivity index (χ1v) is 7.49. The Kier molecular flexibility index (Phi) is 5.04. The molecule has 1 aliphatic heterocycles. The van der Waals surface area contributed by atoms with Gasteiger partial charge >= 0.3 is 29.6 Å². The minimum absolute atomic E-state index is 0. The number of β-amino-alcohol motifs (C(OH)–C–C–N with tert-alkyl or cyclic N) is 1. The summed E-state index contributed by atoms with van der Waals surface area (Å²) in [5.74, 6) is 0.369. The summed E-state index contributed by atoms with van der Waals surface area (Å²) in [6.45, 7) is 0.377. The Labute approximate surface area is 163 Å². The van der Waals surface area contributed by atoms with E-state index in [0.717, 1.165) is 11.4 Å². The molecule has 11 heteroatoms. The number of piperidine rings is 1. The SMILES string of the molecule is OC1CC(O)C([c-]2oo2)N(c2ccc(-n3[nH]nnc3=S)cc2)C1.[Na+]. The fourth-order valence-corrected chi connectivity index (χ4v) is 3.05. The molecule has 0 amide bonds. The number of H-pyrrole nitrogens is 1. The molecule has 3 aromatic rings. The van der Waals surface area contributed by atoms with Crippen LogP contribution in [0.2, 0.25) is 0 Å². The van der Waals surface area contributed by atoms with Crippen LogP contribution >= 0.6 is 12.2 Å². The topological polar surface area (TPSA) is 116 Å². The van der Waals surface area contributed by atoms with E-state index in [-0.39, 0.29) is 36.0 Å². The molecule has 3 N–H and O–H groups in total. The molecule has 1 aromatic carbocycles. The number of aromatic amines is 1. The number of benzene rings is 1. The largest absolute Gasteiger partial charge is 1.00 e. The summed E-state index contributed by atoms with van der Waals surface area (Å²) in [4.78, 5) is 1.86. The van der Waals surface area contributed by atoms with Crippen molar-refractivity contribution < 1.29 is 48.9 Å². The van der Waals surface area contributed by atoms with Crippen LogP contribution in [-0.2, 0) is 0 Å². The normalized spacial score (nSPS) is 24.1. The maximum Gasteiger partial charge on any atom is 1.00 e. The molecule has 0 bridgehead atoms. The summed E-state index contributed by atoms with van der Waals surface area (Å²) in [5, 5.41) is 30.2. The Morgan fingerprint density at radius 3 is 2.46 bits per heavy atom. The number of aliphatic hydroxyl groups excluding tert-OH is 2. The van der Waals surface area contributed by atoms with Gasteiger partial charge in [-0.1, -0.05) is 10.3 Å².